The summed E-state index contributed by atoms with van der Waals surface area (Å²) in [5.41, 5.74) is 1.91. The molecule has 1 atom stereocenters. The minimum absolute atomic E-state index is 0.588. The van der Waals surface area contributed by atoms with E-state index in [0.29, 0.717) is 0 Å². The van der Waals surface area contributed by atoms with Gasteiger partial charge in [0, 0.05) is 25.1 Å². The lowest BCUT2D eigenvalue weighted by molar-refractivity contribution is 0.217. The summed E-state index contributed by atoms with van der Waals surface area (Å²) in [7, 11) is 0. The van der Waals surface area contributed by atoms with Gasteiger partial charge in [0.1, 0.15) is 6.10 Å². The molecule has 22 heavy (non-hydrogen) atoms. The van der Waals surface area contributed by atoms with Crippen molar-refractivity contribution in [2.24, 2.45) is 0 Å². The lowest BCUT2D eigenvalue weighted by Gasteiger charge is -2.23. The highest BCUT2D eigenvalue weighted by atomic mass is 32.2. The largest absolute Gasteiger partial charge is 0.384 e. The molecule has 1 aliphatic rings. The van der Waals surface area contributed by atoms with Crippen LogP contribution >= 0.6 is 23.5 Å². The first-order valence-corrected chi connectivity index (χ1v) is 8.77. The summed E-state index contributed by atoms with van der Waals surface area (Å²) in [4.78, 5) is 4.93. The molecule has 1 N–H and O–H groups in total. The molecule has 0 radical (unpaired) electrons. The van der Waals surface area contributed by atoms with Crippen molar-refractivity contribution in [3.8, 4) is 0 Å². The van der Waals surface area contributed by atoms with Crippen LogP contribution in [0.4, 0.5) is 0 Å². The fourth-order valence-corrected chi connectivity index (χ4v) is 5.01. The van der Waals surface area contributed by atoms with Gasteiger partial charge in [-0.05, 0) is 23.8 Å². The van der Waals surface area contributed by atoms with Gasteiger partial charge < -0.3 is 5.11 Å². The van der Waals surface area contributed by atoms with E-state index in [1.165, 1.54) is 19.6 Å². The van der Waals surface area contributed by atoms with E-state index in [0.717, 1.165) is 11.1 Å². The first kappa shape index (κ1) is 13.9. The van der Waals surface area contributed by atoms with E-state index in [9.17, 15) is 5.11 Å². The summed E-state index contributed by atoms with van der Waals surface area (Å²) in [5, 5.41) is 10.8. The van der Waals surface area contributed by atoms with Crippen molar-refractivity contribution in [3.63, 3.8) is 0 Å². The third-order valence-corrected chi connectivity index (χ3v) is 6.33. The molecule has 0 saturated heterocycles. The third kappa shape index (κ3) is 2.45. The maximum Gasteiger partial charge on any atom is 0.105 e. The number of hydrogen-bond donors (Lipinski definition) is 1. The quantitative estimate of drug-likeness (QED) is 0.535. The van der Waals surface area contributed by atoms with Crippen LogP contribution in [-0.2, 0) is 0 Å². The fraction of sp³-hybridized carbons (Fsp3) is 0.0526. The minimum atomic E-state index is -0.588. The van der Waals surface area contributed by atoms with E-state index in [1.54, 1.807) is 23.5 Å². The van der Waals surface area contributed by atoms with Gasteiger partial charge >= 0.3 is 0 Å². The number of rotatable bonds is 2. The second-order valence-electron chi connectivity index (χ2n) is 5.14. The third-order valence-electron chi connectivity index (χ3n) is 3.70. The van der Waals surface area contributed by atoms with Crippen LogP contribution in [0, 0.1) is 0 Å². The van der Waals surface area contributed by atoms with Crippen LogP contribution in [0.2, 0.25) is 0 Å². The number of aliphatic hydroxyl groups is 1. The standard InChI is InChI=1S/C19H14OS2/c20-18(13-7-2-1-3-8-13)14-9-6-12-17-19(14)22-16-11-5-4-10-15(16)21-17/h1-12,18,20H. The van der Waals surface area contributed by atoms with Crippen molar-refractivity contribution >= 4 is 23.5 Å². The van der Waals surface area contributed by atoms with Crippen LogP contribution in [0.3, 0.4) is 0 Å². The van der Waals surface area contributed by atoms with Gasteiger partial charge in [0.25, 0.3) is 0 Å². The number of fused-ring (bicyclic) bond motifs is 2. The molecular formula is C19H14OS2. The van der Waals surface area contributed by atoms with E-state index in [4.69, 9.17) is 0 Å². The molecule has 1 unspecified atom stereocenters. The summed E-state index contributed by atoms with van der Waals surface area (Å²) in [6.45, 7) is 0. The van der Waals surface area contributed by atoms with E-state index in [-0.39, 0.29) is 0 Å². The smallest absolute Gasteiger partial charge is 0.105 e. The van der Waals surface area contributed by atoms with E-state index < -0.39 is 6.10 Å². The molecule has 0 saturated carbocycles. The van der Waals surface area contributed by atoms with Crippen LogP contribution in [0.25, 0.3) is 0 Å². The zero-order valence-electron chi connectivity index (χ0n) is 11.8. The van der Waals surface area contributed by atoms with Gasteiger partial charge in [0.05, 0.1) is 0 Å². The monoisotopic (exact) mass is 322 g/mol. The molecule has 1 nitrogen and oxygen atoms in total. The Morgan fingerprint density at radius 2 is 1.27 bits per heavy atom. The molecule has 0 aromatic heterocycles. The maximum absolute atomic E-state index is 10.8. The first-order valence-electron chi connectivity index (χ1n) is 7.13. The van der Waals surface area contributed by atoms with Crippen LogP contribution in [0.1, 0.15) is 17.2 Å². The van der Waals surface area contributed by atoms with Crippen LogP contribution < -0.4 is 0 Å². The zero-order valence-corrected chi connectivity index (χ0v) is 13.4. The molecule has 3 heteroatoms. The highest BCUT2D eigenvalue weighted by molar-refractivity contribution is 8.05. The minimum Gasteiger partial charge on any atom is -0.384 e. The van der Waals surface area contributed by atoms with Crippen LogP contribution in [0.15, 0.2) is 92.4 Å². The second-order valence-corrected chi connectivity index (χ2v) is 7.27. The summed E-state index contributed by atoms with van der Waals surface area (Å²) in [6.07, 6.45) is -0.588. The zero-order chi connectivity index (χ0) is 14.9. The lowest BCUT2D eigenvalue weighted by atomic mass is 10.0. The van der Waals surface area contributed by atoms with Crippen LogP contribution in [-0.4, -0.2) is 5.11 Å². The van der Waals surface area contributed by atoms with Crippen molar-refractivity contribution in [2.45, 2.75) is 25.7 Å². The number of benzene rings is 3. The van der Waals surface area contributed by atoms with Gasteiger partial charge in [0.15, 0.2) is 0 Å². The van der Waals surface area contributed by atoms with Gasteiger partial charge in [0.2, 0.25) is 0 Å². The van der Waals surface area contributed by atoms with Crippen molar-refractivity contribution in [1.29, 1.82) is 0 Å². The highest BCUT2D eigenvalue weighted by Gasteiger charge is 2.23. The molecule has 4 rings (SSSR count). The summed E-state index contributed by atoms with van der Waals surface area (Å²) < 4.78 is 0. The molecule has 108 valence electrons. The molecule has 3 aromatic rings. The predicted octanol–water partition coefficient (Wildman–Crippen LogP) is 5.38. The maximum atomic E-state index is 10.8. The van der Waals surface area contributed by atoms with E-state index >= 15 is 0 Å². The van der Waals surface area contributed by atoms with Crippen molar-refractivity contribution in [1.82, 2.24) is 0 Å². The highest BCUT2D eigenvalue weighted by Crippen LogP contribution is 2.50. The van der Waals surface area contributed by atoms with Gasteiger partial charge in [-0.15, -0.1) is 0 Å². The molecule has 0 fully saturated rings. The van der Waals surface area contributed by atoms with E-state index in [1.807, 2.05) is 42.5 Å². The Hall–Kier alpha value is -1.68. The average molecular weight is 322 g/mol. The Bertz CT molecular complexity index is 815. The Balaban J connectivity index is 1.78. The van der Waals surface area contributed by atoms with Gasteiger partial charge in [-0.2, -0.15) is 0 Å². The number of hydrogen-bond acceptors (Lipinski definition) is 3. The van der Waals surface area contributed by atoms with E-state index in [2.05, 4.69) is 30.3 Å². The Morgan fingerprint density at radius 3 is 2.05 bits per heavy atom. The van der Waals surface area contributed by atoms with Crippen LogP contribution in [0.5, 0.6) is 0 Å². The average Bonchev–Trinajstić information content (AvgIpc) is 2.59. The summed E-state index contributed by atoms with van der Waals surface area (Å²) in [5.74, 6) is 0. The lowest BCUT2D eigenvalue weighted by Crippen LogP contribution is -2.03. The normalized spacial score (nSPS) is 14.0. The molecule has 0 spiro atoms. The van der Waals surface area contributed by atoms with Gasteiger partial charge in [-0.3, -0.25) is 0 Å². The topological polar surface area (TPSA) is 20.2 Å². The van der Waals surface area contributed by atoms with Gasteiger partial charge in [-0.1, -0.05) is 78.1 Å². The second kappa shape index (κ2) is 5.84. The summed E-state index contributed by atoms with van der Waals surface area (Å²) >= 11 is 3.53. The fourth-order valence-electron chi connectivity index (χ4n) is 2.60. The number of aliphatic hydroxyl groups excluding tert-OH is 1. The summed E-state index contributed by atoms with van der Waals surface area (Å²) in [6, 6.07) is 24.4. The van der Waals surface area contributed by atoms with Crippen molar-refractivity contribution in [2.75, 3.05) is 0 Å². The molecule has 0 aliphatic carbocycles. The molecule has 3 aromatic carbocycles. The molecular weight excluding hydrogens is 308 g/mol. The molecule has 1 aliphatic heterocycles. The first-order chi connectivity index (χ1) is 10.8. The molecule has 0 amide bonds. The molecule has 1 heterocycles. The Morgan fingerprint density at radius 1 is 0.636 bits per heavy atom. The Labute approximate surface area is 138 Å². The predicted molar refractivity (Wildman–Crippen MR) is 91.6 cm³/mol. The van der Waals surface area contributed by atoms with Crippen molar-refractivity contribution < 1.29 is 5.11 Å². The van der Waals surface area contributed by atoms with Gasteiger partial charge in [-0.25, -0.2) is 0 Å². The van der Waals surface area contributed by atoms with Crippen molar-refractivity contribution in [3.05, 3.63) is 83.9 Å². The Kier molecular flexibility index (Phi) is 3.70. The molecule has 0 bridgehead atoms. The SMILES string of the molecule is OC(c1ccccc1)c1cccc2c1Sc1ccccc1S2.